The van der Waals surface area contributed by atoms with Crippen molar-refractivity contribution in [3.05, 3.63) is 89.9 Å². The van der Waals surface area contributed by atoms with Crippen LogP contribution in [0.2, 0.25) is 0 Å². The number of amides is 1. The fourth-order valence-corrected chi connectivity index (χ4v) is 3.05. The Hall–Kier alpha value is -3.67. The Labute approximate surface area is 162 Å². The van der Waals surface area contributed by atoms with E-state index < -0.39 is 0 Å². The molecule has 0 radical (unpaired) electrons. The molecule has 0 saturated carbocycles. The van der Waals surface area contributed by atoms with Gasteiger partial charge < -0.3 is 9.84 Å². The molecular weight excluding hydrogens is 352 g/mol. The predicted molar refractivity (Wildman–Crippen MR) is 106 cm³/mol. The molecule has 0 spiro atoms. The van der Waals surface area contributed by atoms with Crippen LogP contribution < -0.4 is 5.32 Å². The van der Waals surface area contributed by atoms with Crippen LogP contribution in [0.1, 0.15) is 21.7 Å². The summed E-state index contributed by atoms with van der Waals surface area (Å²) in [5.74, 6) is 0.321. The number of nitrogens with zero attached hydrogens (tertiary/aromatic N) is 3. The molecule has 0 fully saturated rings. The summed E-state index contributed by atoms with van der Waals surface area (Å²) in [6, 6.07) is 19.5. The Balaban J connectivity index is 1.41. The molecule has 1 amide bonds. The first kappa shape index (κ1) is 17.7. The number of aromatic nitrogens is 3. The zero-order valence-electron chi connectivity index (χ0n) is 15.5. The lowest BCUT2D eigenvalue weighted by molar-refractivity contribution is 0.0953. The van der Waals surface area contributed by atoms with Gasteiger partial charge in [-0.2, -0.15) is 5.10 Å². The molecule has 0 aliphatic rings. The molecule has 0 aliphatic heterocycles. The van der Waals surface area contributed by atoms with Crippen molar-refractivity contribution < 1.29 is 9.32 Å². The minimum Gasteiger partial charge on any atom is -0.360 e. The maximum atomic E-state index is 12.7. The third-order valence-corrected chi connectivity index (χ3v) is 4.49. The summed E-state index contributed by atoms with van der Waals surface area (Å²) < 4.78 is 7.09. The highest BCUT2D eigenvalue weighted by Crippen LogP contribution is 2.24. The van der Waals surface area contributed by atoms with E-state index in [9.17, 15) is 4.79 Å². The van der Waals surface area contributed by atoms with Gasteiger partial charge in [0.1, 0.15) is 17.0 Å². The molecule has 4 rings (SSSR count). The van der Waals surface area contributed by atoms with E-state index in [-0.39, 0.29) is 5.91 Å². The third kappa shape index (κ3) is 3.71. The molecule has 6 heteroatoms. The van der Waals surface area contributed by atoms with Crippen LogP contribution in [-0.4, -0.2) is 27.4 Å². The molecule has 0 aliphatic carbocycles. The topological polar surface area (TPSA) is 73.0 Å². The van der Waals surface area contributed by atoms with Crippen LogP contribution in [0.3, 0.4) is 0 Å². The van der Waals surface area contributed by atoms with Crippen LogP contribution in [0.15, 0.2) is 77.6 Å². The van der Waals surface area contributed by atoms with Crippen molar-refractivity contribution in [2.45, 2.75) is 13.3 Å². The first-order chi connectivity index (χ1) is 13.7. The molecule has 0 atom stereocenters. The van der Waals surface area contributed by atoms with Crippen molar-refractivity contribution in [2.75, 3.05) is 6.54 Å². The Bertz CT molecular complexity index is 1070. The molecule has 2 aromatic heterocycles. The van der Waals surface area contributed by atoms with Crippen LogP contribution in [-0.2, 0) is 6.42 Å². The second-order valence-electron chi connectivity index (χ2n) is 6.46. The number of hydrogen-bond acceptors (Lipinski definition) is 4. The van der Waals surface area contributed by atoms with E-state index in [1.54, 1.807) is 6.92 Å². The number of para-hydroxylation sites is 1. The zero-order valence-corrected chi connectivity index (χ0v) is 15.5. The lowest BCUT2D eigenvalue weighted by Gasteiger charge is -2.05. The minimum absolute atomic E-state index is 0.187. The maximum Gasteiger partial charge on any atom is 0.257 e. The molecule has 1 N–H and O–H groups in total. The van der Waals surface area contributed by atoms with Gasteiger partial charge in [0, 0.05) is 18.3 Å². The highest BCUT2D eigenvalue weighted by Gasteiger charge is 2.21. The molecule has 0 unspecified atom stereocenters. The molecule has 0 bridgehead atoms. The number of hydrogen-bond donors (Lipinski definition) is 1. The number of rotatable bonds is 6. The van der Waals surface area contributed by atoms with Crippen LogP contribution >= 0.6 is 0 Å². The zero-order chi connectivity index (χ0) is 19.3. The van der Waals surface area contributed by atoms with Gasteiger partial charge in [-0.3, -0.25) is 4.79 Å². The quantitative estimate of drug-likeness (QED) is 0.559. The van der Waals surface area contributed by atoms with E-state index in [4.69, 9.17) is 4.52 Å². The third-order valence-electron chi connectivity index (χ3n) is 4.49. The van der Waals surface area contributed by atoms with Crippen LogP contribution in [0.4, 0.5) is 0 Å². The SMILES string of the molecule is Cc1onc(-c2ccccc2)c1C(=O)NCCc1cnn(-c2ccccc2)c1. The summed E-state index contributed by atoms with van der Waals surface area (Å²) in [7, 11) is 0. The van der Waals surface area contributed by atoms with Crippen LogP contribution in [0.25, 0.3) is 16.9 Å². The van der Waals surface area contributed by atoms with Gasteiger partial charge in [0.05, 0.1) is 11.9 Å². The number of nitrogens with one attached hydrogen (secondary N) is 1. The molecule has 2 aromatic carbocycles. The van der Waals surface area contributed by atoms with Crippen molar-refractivity contribution >= 4 is 5.91 Å². The van der Waals surface area contributed by atoms with Crippen LogP contribution in [0, 0.1) is 6.92 Å². The van der Waals surface area contributed by atoms with E-state index in [1.165, 1.54) is 0 Å². The van der Waals surface area contributed by atoms with Crippen LogP contribution in [0.5, 0.6) is 0 Å². The Morgan fingerprint density at radius 1 is 1.07 bits per heavy atom. The van der Waals surface area contributed by atoms with Gasteiger partial charge in [-0.1, -0.05) is 53.7 Å². The Kier molecular flexibility index (Phi) is 5.01. The number of aryl methyl sites for hydroxylation is 1. The summed E-state index contributed by atoms with van der Waals surface area (Å²) in [6.07, 6.45) is 4.48. The largest absolute Gasteiger partial charge is 0.360 e. The first-order valence-corrected chi connectivity index (χ1v) is 9.11. The molecule has 2 heterocycles. The maximum absolute atomic E-state index is 12.7. The van der Waals surface area contributed by atoms with Crippen molar-refractivity contribution in [1.82, 2.24) is 20.3 Å². The van der Waals surface area contributed by atoms with Gasteiger partial charge >= 0.3 is 0 Å². The van der Waals surface area contributed by atoms with Gasteiger partial charge in [0.25, 0.3) is 5.91 Å². The molecule has 140 valence electrons. The van der Waals surface area contributed by atoms with Crippen molar-refractivity contribution in [3.63, 3.8) is 0 Å². The number of carbonyl (C=O) groups excluding carboxylic acids is 1. The Morgan fingerprint density at radius 3 is 2.54 bits per heavy atom. The normalized spacial score (nSPS) is 10.8. The van der Waals surface area contributed by atoms with Gasteiger partial charge in [-0.15, -0.1) is 0 Å². The summed E-state index contributed by atoms with van der Waals surface area (Å²) >= 11 is 0. The van der Waals surface area contributed by atoms with Crippen molar-refractivity contribution in [1.29, 1.82) is 0 Å². The predicted octanol–water partition coefficient (Wildman–Crippen LogP) is 3.81. The summed E-state index contributed by atoms with van der Waals surface area (Å²) in [5.41, 5.74) is 3.95. The number of carbonyl (C=O) groups is 1. The lowest BCUT2D eigenvalue weighted by Crippen LogP contribution is -2.26. The van der Waals surface area contributed by atoms with E-state index in [0.717, 1.165) is 16.8 Å². The van der Waals surface area contributed by atoms with E-state index >= 15 is 0 Å². The highest BCUT2D eigenvalue weighted by atomic mass is 16.5. The average Bonchev–Trinajstić information content (AvgIpc) is 3.36. The van der Waals surface area contributed by atoms with Gasteiger partial charge in [-0.05, 0) is 31.0 Å². The molecule has 0 saturated heterocycles. The van der Waals surface area contributed by atoms with E-state index in [2.05, 4.69) is 15.6 Å². The molecule has 4 aromatic rings. The minimum atomic E-state index is -0.187. The fraction of sp³-hybridized carbons (Fsp3) is 0.136. The summed E-state index contributed by atoms with van der Waals surface area (Å²) in [5, 5.41) is 11.4. The fourth-order valence-electron chi connectivity index (χ4n) is 3.05. The van der Waals surface area contributed by atoms with Crippen molar-refractivity contribution in [2.24, 2.45) is 0 Å². The number of benzene rings is 2. The monoisotopic (exact) mass is 372 g/mol. The standard InChI is InChI=1S/C22H20N4O2/c1-16-20(21(25-28-16)18-8-4-2-5-9-18)22(27)23-13-12-17-14-24-26(15-17)19-10-6-3-7-11-19/h2-11,14-15H,12-13H2,1H3,(H,23,27). The Morgan fingerprint density at radius 2 is 1.79 bits per heavy atom. The van der Waals surface area contributed by atoms with E-state index in [1.807, 2.05) is 77.7 Å². The highest BCUT2D eigenvalue weighted by molar-refractivity contribution is 6.00. The van der Waals surface area contributed by atoms with Gasteiger partial charge in [0.15, 0.2) is 0 Å². The summed E-state index contributed by atoms with van der Waals surface area (Å²) in [4.78, 5) is 12.7. The first-order valence-electron chi connectivity index (χ1n) is 9.11. The lowest BCUT2D eigenvalue weighted by atomic mass is 10.1. The van der Waals surface area contributed by atoms with Crippen molar-refractivity contribution in [3.8, 4) is 16.9 Å². The summed E-state index contributed by atoms with van der Waals surface area (Å²) in [6.45, 7) is 2.25. The average molecular weight is 372 g/mol. The smallest absolute Gasteiger partial charge is 0.257 e. The van der Waals surface area contributed by atoms with E-state index in [0.29, 0.717) is 30.0 Å². The second kappa shape index (κ2) is 7.92. The molecule has 28 heavy (non-hydrogen) atoms. The van der Waals surface area contributed by atoms with Gasteiger partial charge in [-0.25, -0.2) is 4.68 Å². The molecule has 6 nitrogen and oxygen atoms in total. The second-order valence-corrected chi connectivity index (χ2v) is 6.46. The molecular formula is C22H20N4O2. The van der Waals surface area contributed by atoms with Gasteiger partial charge in [0.2, 0.25) is 0 Å².